The molecule has 1 saturated carbocycles. The van der Waals surface area contributed by atoms with Crippen LogP contribution in [0.5, 0.6) is 0 Å². The Kier molecular flexibility index (Phi) is 8.07. The quantitative estimate of drug-likeness (QED) is 0.609. The molecular formula is C13H28O2. The maximum Gasteiger partial charge on any atom is 0.168 e. The highest BCUT2D eigenvalue weighted by Gasteiger charge is 2.39. The summed E-state index contributed by atoms with van der Waals surface area (Å²) in [6.45, 7) is 11.9. The van der Waals surface area contributed by atoms with E-state index in [1.165, 1.54) is 12.8 Å². The predicted molar refractivity (Wildman–Crippen MR) is 65.0 cm³/mol. The average molecular weight is 216 g/mol. The minimum atomic E-state index is -0.146. The Labute approximate surface area is 95.3 Å². The lowest BCUT2D eigenvalue weighted by Gasteiger charge is -2.33. The summed E-state index contributed by atoms with van der Waals surface area (Å²) in [5.74, 6) is 0.723. The highest BCUT2D eigenvalue weighted by molar-refractivity contribution is 4.80. The molecule has 1 saturated heterocycles. The molecule has 2 aliphatic rings. The van der Waals surface area contributed by atoms with Gasteiger partial charge in [0.15, 0.2) is 5.79 Å². The third-order valence-electron chi connectivity index (χ3n) is 2.85. The summed E-state index contributed by atoms with van der Waals surface area (Å²) in [6, 6.07) is 0. The van der Waals surface area contributed by atoms with Gasteiger partial charge >= 0.3 is 0 Å². The van der Waals surface area contributed by atoms with Gasteiger partial charge in [-0.05, 0) is 18.8 Å². The lowest BCUT2D eigenvalue weighted by molar-refractivity contribution is -0.181. The first-order valence-corrected chi connectivity index (χ1v) is 6.59. The van der Waals surface area contributed by atoms with Crippen LogP contribution in [0.3, 0.4) is 0 Å². The predicted octanol–water partition coefficient (Wildman–Crippen LogP) is 3.99. The highest BCUT2D eigenvalue weighted by atomic mass is 16.7. The molecule has 15 heavy (non-hydrogen) atoms. The third kappa shape index (κ3) is 4.52. The van der Waals surface area contributed by atoms with Crippen LogP contribution in [0, 0.1) is 5.92 Å². The van der Waals surface area contributed by atoms with Crippen LogP contribution in [0.15, 0.2) is 0 Å². The molecule has 92 valence electrons. The molecule has 0 aromatic heterocycles. The highest BCUT2D eigenvalue weighted by Crippen LogP contribution is 2.37. The van der Waals surface area contributed by atoms with Gasteiger partial charge in [0.1, 0.15) is 0 Å². The molecule has 0 unspecified atom stereocenters. The smallest absolute Gasteiger partial charge is 0.168 e. The van der Waals surface area contributed by atoms with Crippen molar-refractivity contribution >= 4 is 0 Å². The molecule has 0 atom stereocenters. The summed E-state index contributed by atoms with van der Waals surface area (Å²) >= 11 is 0. The van der Waals surface area contributed by atoms with Gasteiger partial charge in [-0.25, -0.2) is 0 Å². The van der Waals surface area contributed by atoms with E-state index in [2.05, 4.69) is 6.92 Å². The molecule has 1 heterocycles. The van der Waals surface area contributed by atoms with Crippen LogP contribution in [0.4, 0.5) is 0 Å². The average Bonchev–Trinajstić information content (AvgIpc) is 2.77. The van der Waals surface area contributed by atoms with Crippen molar-refractivity contribution in [2.75, 3.05) is 13.2 Å². The van der Waals surface area contributed by atoms with Gasteiger partial charge in [0.25, 0.3) is 0 Å². The fraction of sp³-hybridized carbons (Fsp3) is 1.00. The van der Waals surface area contributed by atoms with Gasteiger partial charge in [-0.15, -0.1) is 0 Å². The van der Waals surface area contributed by atoms with Crippen LogP contribution in [-0.2, 0) is 9.47 Å². The van der Waals surface area contributed by atoms with Crippen LogP contribution in [-0.4, -0.2) is 19.0 Å². The third-order valence-corrected chi connectivity index (χ3v) is 2.85. The zero-order valence-corrected chi connectivity index (χ0v) is 11.1. The van der Waals surface area contributed by atoms with Crippen LogP contribution in [0.2, 0.25) is 0 Å². The number of hydrogen-bond acceptors (Lipinski definition) is 2. The summed E-state index contributed by atoms with van der Waals surface area (Å²) in [5, 5.41) is 0. The van der Waals surface area contributed by atoms with Gasteiger partial charge in [0.05, 0.1) is 13.2 Å². The maximum absolute atomic E-state index is 5.61. The Bertz CT molecular complexity index is 129. The topological polar surface area (TPSA) is 18.5 Å². The summed E-state index contributed by atoms with van der Waals surface area (Å²) in [6.07, 6.45) is 4.74. The van der Waals surface area contributed by atoms with Gasteiger partial charge in [0, 0.05) is 12.8 Å². The summed E-state index contributed by atoms with van der Waals surface area (Å²) in [4.78, 5) is 0. The molecule has 0 N–H and O–H groups in total. The Balaban J connectivity index is 0.000000442. The monoisotopic (exact) mass is 216 g/mol. The Morgan fingerprint density at radius 1 is 0.867 bits per heavy atom. The van der Waals surface area contributed by atoms with Crippen LogP contribution < -0.4 is 0 Å². The van der Waals surface area contributed by atoms with E-state index in [9.17, 15) is 0 Å². The van der Waals surface area contributed by atoms with Gasteiger partial charge in [-0.1, -0.05) is 34.6 Å². The van der Waals surface area contributed by atoms with Gasteiger partial charge in [-0.2, -0.15) is 0 Å². The fourth-order valence-electron chi connectivity index (χ4n) is 1.99. The van der Waals surface area contributed by atoms with Crippen LogP contribution in [0.1, 0.15) is 60.3 Å². The zero-order valence-electron chi connectivity index (χ0n) is 11.1. The molecule has 1 spiro atoms. The van der Waals surface area contributed by atoms with Crippen molar-refractivity contribution in [3.63, 3.8) is 0 Å². The first-order chi connectivity index (χ1) is 7.31. The second-order valence-electron chi connectivity index (χ2n) is 3.79. The zero-order chi connectivity index (χ0) is 11.7. The summed E-state index contributed by atoms with van der Waals surface area (Å²) in [5.41, 5.74) is 0. The molecule has 2 nitrogen and oxygen atoms in total. The molecule has 1 aliphatic heterocycles. The van der Waals surface area contributed by atoms with Crippen LogP contribution >= 0.6 is 0 Å². The molecule has 0 bridgehead atoms. The molecule has 1 aliphatic carbocycles. The van der Waals surface area contributed by atoms with E-state index in [4.69, 9.17) is 9.47 Å². The molecule has 0 aromatic carbocycles. The van der Waals surface area contributed by atoms with E-state index < -0.39 is 0 Å². The minimum absolute atomic E-state index is 0.146. The van der Waals surface area contributed by atoms with E-state index in [-0.39, 0.29) is 5.79 Å². The first kappa shape index (κ1) is 14.9. The van der Waals surface area contributed by atoms with Crippen molar-refractivity contribution in [1.82, 2.24) is 0 Å². The maximum atomic E-state index is 5.61. The minimum Gasteiger partial charge on any atom is -0.348 e. The molecule has 2 rings (SSSR count). The number of hydrogen-bond donors (Lipinski definition) is 0. The second-order valence-corrected chi connectivity index (χ2v) is 3.79. The Morgan fingerprint density at radius 3 is 1.67 bits per heavy atom. The summed E-state index contributed by atoms with van der Waals surface area (Å²) in [7, 11) is 0. The van der Waals surface area contributed by atoms with Crippen molar-refractivity contribution in [3.8, 4) is 0 Å². The number of rotatable bonds is 0. The normalized spacial score (nSPS) is 23.8. The largest absolute Gasteiger partial charge is 0.348 e. The Hall–Kier alpha value is -0.0800. The Morgan fingerprint density at radius 2 is 1.27 bits per heavy atom. The van der Waals surface area contributed by atoms with Crippen molar-refractivity contribution in [1.29, 1.82) is 0 Å². The molecule has 0 aromatic rings. The summed E-state index contributed by atoms with van der Waals surface area (Å²) < 4.78 is 11.2. The number of ether oxygens (including phenoxy) is 2. The van der Waals surface area contributed by atoms with E-state index in [0.29, 0.717) is 0 Å². The van der Waals surface area contributed by atoms with Crippen molar-refractivity contribution in [3.05, 3.63) is 0 Å². The van der Waals surface area contributed by atoms with Crippen molar-refractivity contribution in [2.24, 2.45) is 5.92 Å². The second kappa shape index (κ2) is 8.12. The molecule has 2 heteroatoms. The lowest BCUT2D eigenvalue weighted by atomic mass is 9.86. The van der Waals surface area contributed by atoms with Gasteiger partial charge in [0.2, 0.25) is 0 Å². The van der Waals surface area contributed by atoms with E-state index in [1.54, 1.807) is 0 Å². The SMILES string of the molecule is CC.CC.CC1CCC2(CC1)OCCO2. The van der Waals surface area contributed by atoms with Gasteiger partial charge < -0.3 is 9.47 Å². The van der Waals surface area contributed by atoms with Crippen LogP contribution in [0.25, 0.3) is 0 Å². The first-order valence-electron chi connectivity index (χ1n) is 6.59. The fourth-order valence-corrected chi connectivity index (χ4v) is 1.99. The van der Waals surface area contributed by atoms with Gasteiger partial charge in [-0.3, -0.25) is 0 Å². The standard InChI is InChI=1S/C9H16O2.2C2H6/c1-8-2-4-9(5-3-8)10-6-7-11-9;2*1-2/h8H,2-7H2,1H3;2*1-2H3. The molecule has 0 amide bonds. The lowest BCUT2D eigenvalue weighted by Crippen LogP contribution is -2.34. The van der Waals surface area contributed by atoms with E-state index in [1.807, 2.05) is 27.7 Å². The molecule has 2 fully saturated rings. The molecule has 0 radical (unpaired) electrons. The molecular weight excluding hydrogens is 188 g/mol. The van der Waals surface area contributed by atoms with Crippen molar-refractivity contribution < 1.29 is 9.47 Å². The van der Waals surface area contributed by atoms with Crippen molar-refractivity contribution in [2.45, 2.75) is 66.1 Å². The van der Waals surface area contributed by atoms with E-state index >= 15 is 0 Å². The van der Waals surface area contributed by atoms with E-state index in [0.717, 1.165) is 32.0 Å².